The zero-order valence-corrected chi connectivity index (χ0v) is 18.2. The summed E-state index contributed by atoms with van der Waals surface area (Å²) >= 11 is 0. The lowest BCUT2D eigenvalue weighted by Gasteiger charge is -2.08. The lowest BCUT2D eigenvalue weighted by molar-refractivity contribution is -0.121. The van der Waals surface area contributed by atoms with Gasteiger partial charge in [0.2, 0.25) is 5.91 Å². The maximum atomic E-state index is 12.1. The van der Waals surface area contributed by atoms with Crippen LogP contribution in [-0.4, -0.2) is 12.1 Å². The molecule has 1 N–H and O–H groups in total. The summed E-state index contributed by atoms with van der Waals surface area (Å²) in [5.74, 6) is -0.00117. The van der Waals surface area contributed by atoms with Crippen molar-refractivity contribution in [2.45, 2.75) is 71.1 Å². The van der Waals surface area contributed by atoms with Gasteiger partial charge in [-0.05, 0) is 34.0 Å². The molecule has 0 aliphatic rings. The van der Waals surface area contributed by atoms with Crippen molar-refractivity contribution in [3.05, 3.63) is 60.2 Å². The Morgan fingerprint density at radius 1 is 0.800 bits per heavy atom. The van der Waals surface area contributed by atoms with Gasteiger partial charge >= 0.3 is 0 Å². The molecular weight excluding hydrogens is 368 g/mol. The Morgan fingerprint density at radius 2 is 1.33 bits per heavy atom. The van der Waals surface area contributed by atoms with Crippen molar-refractivity contribution in [1.29, 1.82) is 0 Å². The van der Waals surface area contributed by atoms with Crippen LogP contribution in [0.2, 0.25) is 0 Å². The minimum Gasteiger partial charge on any atom is -0.273 e. The Balaban J connectivity index is 1.48. The smallest absolute Gasteiger partial charge is 0.240 e. The molecule has 0 spiro atoms. The first-order chi connectivity index (χ1) is 14.8. The number of amides is 1. The molecule has 3 aromatic carbocycles. The van der Waals surface area contributed by atoms with E-state index in [4.69, 9.17) is 0 Å². The third kappa shape index (κ3) is 6.41. The quantitative estimate of drug-likeness (QED) is 0.146. The average molecular weight is 403 g/mol. The molecule has 0 atom stereocenters. The first-order valence-corrected chi connectivity index (χ1v) is 11.5. The van der Waals surface area contributed by atoms with E-state index in [0.29, 0.717) is 6.42 Å². The lowest BCUT2D eigenvalue weighted by Crippen LogP contribution is -2.16. The topological polar surface area (TPSA) is 41.5 Å². The van der Waals surface area contributed by atoms with E-state index in [1.165, 1.54) is 55.7 Å². The van der Waals surface area contributed by atoms with Crippen LogP contribution in [0.4, 0.5) is 0 Å². The molecule has 1 amide bonds. The maximum absolute atomic E-state index is 12.1. The predicted molar refractivity (Wildman–Crippen MR) is 129 cm³/mol. The van der Waals surface area contributed by atoms with Crippen molar-refractivity contribution < 1.29 is 4.79 Å². The first kappa shape index (κ1) is 22.0. The molecular formula is C27H34N2O. The number of carbonyl (C=O) groups is 1. The summed E-state index contributed by atoms with van der Waals surface area (Å²) in [6, 6.07) is 18.8. The summed E-state index contributed by atoms with van der Waals surface area (Å²) in [5, 5.41) is 8.93. The Labute approximate surface area is 180 Å². The summed E-state index contributed by atoms with van der Waals surface area (Å²) in [6.07, 6.45) is 13.6. The van der Waals surface area contributed by atoms with Crippen LogP contribution in [0.3, 0.4) is 0 Å². The number of fused-ring (bicyclic) bond motifs is 2. The van der Waals surface area contributed by atoms with Crippen LogP contribution in [0.5, 0.6) is 0 Å². The molecule has 0 aromatic heterocycles. The van der Waals surface area contributed by atoms with Crippen molar-refractivity contribution in [2.24, 2.45) is 5.10 Å². The van der Waals surface area contributed by atoms with Crippen molar-refractivity contribution in [2.75, 3.05) is 0 Å². The molecule has 3 nitrogen and oxygen atoms in total. The fourth-order valence-corrected chi connectivity index (χ4v) is 4.01. The van der Waals surface area contributed by atoms with Gasteiger partial charge in [0, 0.05) is 12.0 Å². The molecule has 0 heterocycles. The van der Waals surface area contributed by atoms with Crippen LogP contribution in [0.15, 0.2) is 59.7 Å². The van der Waals surface area contributed by atoms with E-state index in [2.05, 4.69) is 47.8 Å². The van der Waals surface area contributed by atoms with Crippen LogP contribution in [-0.2, 0) is 4.79 Å². The molecule has 3 aromatic rings. The molecule has 0 saturated carbocycles. The van der Waals surface area contributed by atoms with Crippen molar-refractivity contribution in [3.63, 3.8) is 0 Å². The Kier molecular flexibility index (Phi) is 8.89. The minimum absolute atomic E-state index is 0.00117. The average Bonchev–Trinajstić information content (AvgIpc) is 2.77. The van der Waals surface area contributed by atoms with Gasteiger partial charge in [-0.3, -0.25) is 4.79 Å². The van der Waals surface area contributed by atoms with E-state index in [1.807, 2.05) is 24.3 Å². The second kappa shape index (κ2) is 12.1. The summed E-state index contributed by atoms with van der Waals surface area (Å²) in [5.41, 5.74) is 3.76. The zero-order chi connectivity index (χ0) is 21.0. The molecule has 0 fully saturated rings. The van der Waals surface area contributed by atoms with Gasteiger partial charge < -0.3 is 0 Å². The summed E-state index contributed by atoms with van der Waals surface area (Å²) < 4.78 is 0. The second-order valence-corrected chi connectivity index (χ2v) is 8.10. The highest BCUT2D eigenvalue weighted by Gasteiger charge is 2.06. The number of unbranched alkanes of at least 4 members (excludes halogenated alkanes) is 8. The standard InChI is InChI=1S/C27H34N2O/c1-2-3-4-5-6-7-8-9-10-19-27(30)29-28-21-26-24-17-13-11-15-22(24)20-23-16-12-14-18-25(23)26/h11-18,20-21H,2-10,19H2,1H3,(H,29,30). The van der Waals surface area contributed by atoms with E-state index in [1.54, 1.807) is 6.21 Å². The van der Waals surface area contributed by atoms with E-state index < -0.39 is 0 Å². The minimum atomic E-state index is -0.00117. The molecule has 0 radical (unpaired) electrons. The summed E-state index contributed by atoms with van der Waals surface area (Å²) in [6.45, 7) is 2.25. The number of rotatable bonds is 12. The van der Waals surface area contributed by atoms with E-state index in [0.717, 1.165) is 29.2 Å². The van der Waals surface area contributed by atoms with Gasteiger partial charge in [0.15, 0.2) is 0 Å². The van der Waals surface area contributed by atoms with Crippen LogP contribution < -0.4 is 5.43 Å². The molecule has 0 saturated heterocycles. The molecule has 0 bridgehead atoms. The SMILES string of the molecule is CCCCCCCCCCCC(=O)NN=Cc1c2ccccc2cc2ccccc12. The van der Waals surface area contributed by atoms with Gasteiger partial charge in [-0.2, -0.15) is 5.10 Å². The third-order valence-corrected chi connectivity index (χ3v) is 5.70. The molecule has 158 valence electrons. The van der Waals surface area contributed by atoms with Gasteiger partial charge in [-0.15, -0.1) is 0 Å². The van der Waals surface area contributed by atoms with Gasteiger partial charge in [0.1, 0.15) is 0 Å². The number of benzene rings is 3. The molecule has 30 heavy (non-hydrogen) atoms. The Morgan fingerprint density at radius 3 is 1.93 bits per heavy atom. The fourth-order valence-electron chi connectivity index (χ4n) is 4.01. The lowest BCUT2D eigenvalue weighted by atomic mass is 9.97. The Bertz CT molecular complexity index is 923. The largest absolute Gasteiger partial charge is 0.273 e. The van der Waals surface area contributed by atoms with Gasteiger partial charge in [-0.25, -0.2) is 5.43 Å². The highest BCUT2D eigenvalue weighted by molar-refractivity contribution is 6.13. The summed E-state index contributed by atoms with van der Waals surface area (Å²) in [7, 11) is 0. The van der Waals surface area contributed by atoms with E-state index in [-0.39, 0.29) is 5.91 Å². The monoisotopic (exact) mass is 402 g/mol. The van der Waals surface area contributed by atoms with Crippen molar-refractivity contribution >= 4 is 33.7 Å². The van der Waals surface area contributed by atoms with Crippen LogP contribution in [0.25, 0.3) is 21.5 Å². The highest BCUT2D eigenvalue weighted by atomic mass is 16.2. The zero-order valence-electron chi connectivity index (χ0n) is 18.2. The second-order valence-electron chi connectivity index (χ2n) is 8.10. The van der Waals surface area contributed by atoms with Gasteiger partial charge in [0.25, 0.3) is 0 Å². The Hall–Kier alpha value is -2.68. The van der Waals surface area contributed by atoms with Crippen molar-refractivity contribution in [1.82, 2.24) is 5.43 Å². The summed E-state index contributed by atoms with van der Waals surface area (Å²) in [4.78, 5) is 12.1. The van der Waals surface area contributed by atoms with E-state index in [9.17, 15) is 4.79 Å². The molecule has 3 rings (SSSR count). The number of hydrogen-bond donors (Lipinski definition) is 1. The van der Waals surface area contributed by atoms with Gasteiger partial charge in [0.05, 0.1) is 6.21 Å². The van der Waals surface area contributed by atoms with E-state index >= 15 is 0 Å². The highest BCUT2D eigenvalue weighted by Crippen LogP contribution is 2.27. The predicted octanol–water partition coefficient (Wildman–Crippen LogP) is 7.36. The molecule has 0 unspecified atom stereocenters. The number of carbonyl (C=O) groups excluding carboxylic acids is 1. The molecule has 0 aliphatic heterocycles. The number of nitrogens with zero attached hydrogens (tertiary/aromatic N) is 1. The molecule has 0 aliphatic carbocycles. The number of nitrogens with one attached hydrogen (secondary N) is 1. The number of hydrogen-bond acceptors (Lipinski definition) is 2. The fraction of sp³-hybridized carbons (Fsp3) is 0.407. The van der Waals surface area contributed by atoms with Crippen LogP contribution >= 0.6 is 0 Å². The maximum Gasteiger partial charge on any atom is 0.240 e. The van der Waals surface area contributed by atoms with Crippen molar-refractivity contribution in [3.8, 4) is 0 Å². The molecule has 3 heteroatoms. The van der Waals surface area contributed by atoms with Gasteiger partial charge in [-0.1, -0.05) is 107 Å². The number of hydrazone groups is 1. The third-order valence-electron chi connectivity index (χ3n) is 5.70. The van der Waals surface area contributed by atoms with Crippen LogP contribution in [0, 0.1) is 0 Å². The normalized spacial score (nSPS) is 11.5. The van der Waals surface area contributed by atoms with Crippen LogP contribution in [0.1, 0.15) is 76.7 Å². The first-order valence-electron chi connectivity index (χ1n) is 11.5.